The topological polar surface area (TPSA) is 52.2 Å². The van der Waals surface area contributed by atoms with Crippen molar-refractivity contribution in [3.8, 4) is 0 Å². The maximum atomic E-state index is 12.2. The van der Waals surface area contributed by atoms with Crippen LogP contribution in [0.4, 0.5) is 0 Å². The Morgan fingerprint density at radius 3 is 2.88 bits per heavy atom. The molecule has 1 heterocycles. The van der Waals surface area contributed by atoms with E-state index in [4.69, 9.17) is 0 Å². The van der Waals surface area contributed by atoms with E-state index in [2.05, 4.69) is 5.32 Å². The zero-order valence-corrected chi connectivity index (χ0v) is 10.5. The Kier molecular flexibility index (Phi) is 4.45. The molecule has 4 heteroatoms. The number of hydrogen-bond acceptors (Lipinski definition) is 2. The van der Waals surface area contributed by atoms with Crippen LogP contribution in [-0.4, -0.2) is 22.3 Å². The van der Waals surface area contributed by atoms with Gasteiger partial charge in [-0.15, -0.1) is 0 Å². The van der Waals surface area contributed by atoms with Crippen LogP contribution in [0.1, 0.15) is 24.8 Å². The lowest BCUT2D eigenvalue weighted by Crippen LogP contribution is -2.34. The maximum absolute atomic E-state index is 12.2. The normalized spacial score (nSPS) is 22.6. The highest BCUT2D eigenvalue weighted by Crippen LogP contribution is 2.17. The van der Waals surface area contributed by atoms with Crippen LogP contribution in [0.5, 0.6) is 0 Å². The first-order valence-electron chi connectivity index (χ1n) is 5.93. The predicted molar refractivity (Wildman–Crippen MR) is 68.9 cm³/mol. The summed E-state index contributed by atoms with van der Waals surface area (Å²) in [5.41, 5.74) is 1.10. The van der Waals surface area contributed by atoms with E-state index < -0.39 is 11.2 Å². The number of carbonyl (C=O) groups excluding carboxylic acids is 1. The Hall–Kier alpha value is -1.00. The molecule has 3 nitrogen and oxygen atoms in total. The molecule has 1 amide bonds. The smallest absolute Gasteiger partial charge is 0.220 e. The van der Waals surface area contributed by atoms with Crippen molar-refractivity contribution in [3.05, 3.63) is 35.9 Å². The fourth-order valence-electron chi connectivity index (χ4n) is 1.99. The number of benzene rings is 1. The third kappa shape index (κ3) is 3.75. The van der Waals surface area contributed by atoms with Crippen LogP contribution in [0.3, 0.4) is 0 Å². The van der Waals surface area contributed by atoms with Gasteiger partial charge in [0.25, 0.3) is 0 Å². The third-order valence-corrected chi connectivity index (χ3v) is 4.74. The minimum Gasteiger partial charge on any atom is -0.616 e. The predicted octanol–water partition coefficient (Wildman–Crippen LogP) is 1.60. The van der Waals surface area contributed by atoms with Crippen LogP contribution in [0.25, 0.3) is 0 Å². The van der Waals surface area contributed by atoms with E-state index in [-0.39, 0.29) is 11.2 Å². The van der Waals surface area contributed by atoms with Crippen molar-refractivity contribution in [1.82, 2.24) is 5.32 Å². The summed E-state index contributed by atoms with van der Waals surface area (Å²) < 4.78 is 12.2. The average molecular weight is 251 g/mol. The third-order valence-electron chi connectivity index (χ3n) is 2.98. The van der Waals surface area contributed by atoms with E-state index in [0.717, 1.165) is 18.4 Å². The van der Waals surface area contributed by atoms with Crippen molar-refractivity contribution in [2.24, 2.45) is 0 Å². The number of nitrogens with one attached hydrogen (secondary N) is 1. The maximum Gasteiger partial charge on any atom is 0.220 e. The Labute approximate surface area is 105 Å². The highest BCUT2D eigenvalue weighted by atomic mass is 32.2. The molecule has 2 atom stereocenters. The van der Waals surface area contributed by atoms with E-state index in [1.165, 1.54) is 0 Å². The summed E-state index contributed by atoms with van der Waals surface area (Å²) in [5, 5.41) is 2.93. The lowest BCUT2D eigenvalue weighted by molar-refractivity contribution is -0.120. The van der Waals surface area contributed by atoms with Gasteiger partial charge in [0, 0.05) is 12.0 Å². The molecule has 1 aliphatic rings. The molecule has 2 unspecified atom stereocenters. The van der Waals surface area contributed by atoms with Gasteiger partial charge < -0.3 is 9.87 Å². The second-order valence-corrected chi connectivity index (χ2v) is 6.05. The zero-order chi connectivity index (χ0) is 12.1. The van der Waals surface area contributed by atoms with Gasteiger partial charge in [0.15, 0.2) is 0 Å². The molecule has 0 aliphatic carbocycles. The minimum absolute atomic E-state index is 0.0872. The highest BCUT2D eigenvalue weighted by Gasteiger charge is 2.25. The Morgan fingerprint density at radius 1 is 1.35 bits per heavy atom. The quantitative estimate of drug-likeness (QED) is 0.830. The number of rotatable bonds is 3. The second kappa shape index (κ2) is 6.07. The molecule has 17 heavy (non-hydrogen) atoms. The molecule has 1 aromatic carbocycles. The molecule has 0 radical (unpaired) electrons. The van der Waals surface area contributed by atoms with Gasteiger partial charge in [0.05, 0.1) is 6.54 Å². The highest BCUT2D eigenvalue weighted by molar-refractivity contribution is 7.91. The van der Waals surface area contributed by atoms with Gasteiger partial charge in [-0.05, 0) is 24.0 Å². The Bertz CT molecular complexity index is 369. The minimum atomic E-state index is -0.898. The molecular weight excluding hydrogens is 234 g/mol. The molecule has 1 aromatic rings. The Balaban J connectivity index is 1.91. The van der Waals surface area contributed by atoms with Crippen molar-refractivity contribution >= 4 is 17.1 Å². The van der Waals surface area contributed by atoms with Crippen LogP contribution in [-0.2, 0) is 21.7 Å². The van der Waals surface area contributed by atoms with Crippen molar-refractivity contribution in [3.63, 3.8) is 0 Å². The van der Waals surface area contributed by atoms with Crippen LogP contribution in [0.15, 0.2) is 30.3 Å². The fourth-order valence-corrected chi connectivity index (χ4v) is 3.44. The van der Waals surface area contributed by atoms with Gasteiger partial charge >= 0.3 is 0 Å². The summed E-state index contributed by atoms with van der Waals surface area (Å²) in [6.45, 7) is 0.554. The molecule has 1 aliphatic heterocycles. The van der Waals surface area contributed by atoms with Crippen LogP contribution in [0, 0.1) is 0 Å². The van der Waals surface area contributed by atoms with Crippen molar-refractivity contribution in [2.75, 3.05) is 6.54 Å². The summed E-state index contributed by atoms with van der Waals surface area (Å²) >= 11 is -0.898. The van der Waals surface area contributed by atoms with E-state index >= 15 is 0 Å². The molecule has 1 N–H and O–H groups in total. The van der Waals surface area contributed by atoms with Gasteiger partial charge in [-0.25, -0.2) is 0 Å². The number of hydrogen-bond donors (Lipinski definition) is 1. The second-order valence-electron chi connectivity index (χ2n) is 4.33. The lowest BCUT2D eigenvalue weighted by atomic mass is 10.2. The zero-order valence-electron chi connectivity index (χ0n) is 9.72. The van der Waals surface area contributed by atoms with Crippen LogP contribution >= 0.6 is 0 Å². The summed E-state index contributed by atoms with van der Waals surface area (Å²) in [4.78, 5) is 11.2. The molecule has 0 spiro atoms. The molecule has 0 aromatic heterocycles. The standard InChI is InChI=1S/C13H17NO2S/c15-13-8-4-7-12(9-14-13)17(16)10-11-5-2-1-3-6-11/h1-3,5-6,12H,4,7-10H2,(H,14,15). The van der Waals surface area contributed by atoms with Gasteiger partial charge in [-0.1, -0.05) is 30.3 Å². The molecule has 2 rings (SSSR count). The van der Waals surface area contributed by atoms with Gasteiger partial charge in [-0.3, -0.25) is 4.79 Å². The summed E-state index contributed by atoms with van der Waals surface area (Å²) in [7, 11) is 0. The van der Waals surface area contributed by atoms with Crippen molar-refractivity contribution < 1.29 is 9.35 Å². The van der Waals surface area contributed by atoms with E-state index in [1.54, 1.807) is 0 Å². The van der Waals surface area contributed by atoms with E-state index in [1.807, 2.05) is 30.3 Å². The lowest BCUT2D eigenvalue weighted by Gasteiger charge is -2.20. The molecular formula is C13H17NO2S. The molecule has 1 fully saturated rings. The number of amides is 1. The first kappa shape index (κ1) is 12.5. The largest absolute Gasteiger partial charge is 0.616 e. The summed E-state index contributed by atoms with van der Waals surface area (Å²) in [6.07, 6.45) is 2.29. The van der Waals surface area contributed by atoms with Crippen LogP contribution in [0.2, 0.25) is 0 Å². The van der Waals surface area contributed by atoms with Gasteiger partial charge in [0.1, 0.15) is 11.0 Å². The first-order valence-corrected chi connectivity index (χ1v) is 7.32. The van der Waals surface area contributed by atoms with Gasteiger partial charge in [-0.2, -0.15) is 0 Å². The monoisotopic (exact) mass is 251 g/mol. The van der Waals surface area contributed by atoms with Crippen molar-refractivity contribution in [2.45, 2.75) is 30.3 Å². The van der Waals surface area contributed by atoms with E-state index in [9.17, 15) is 9.35 Å². The van der Waals surface area contributed by atoms with Crippen LogP contribution < -0.4 is 5.32 Å². The average Bonchev–Trinajstić information content (AvgIpc) is 2.55. The fraction of sp³-hybridized carbons (Fsp3) is 0.462. The summed E-state index contributed by atoms with van der Waals surface area (Å²) in [5.74, 6) is 0.672. The van der Waals surface area contributed by atoms with Crippen molar-refractivity contribution in [1.29, 1.82) is 0 Å². The SMILES string of the molecule is O=C1CCCC([S+]([O-])Cc2ccccc2)CN1. The molecule has 0 saturated carbocycles. The van der Waals surface area contributed by atoms with Gasteiger partial charge in [0.2, 0.25) is 5.91 Å². The first-order chi connectivity index (χ1) is 8.25. The molecule has 1 saturated heterocycles. The summed E-state index contributed by atoms with van der Waals surface area (Å²) in [6, 6.07) is 9.86. The Morgan fingerprint density at radius 2 is 2.12 bits per heavy atom. The van der Waals surface area contributed by atoms with E-state index in [0.29, 0.717) is 18.7 Å². The molecule has 92 valence electrons. The molecule has 0 bridgehead atoms. The number of carbonyl (C=O) groups is 1.